The summed E-state index contributed by atoms with van der Waals surface area (Å²) in [5.41, 5.74) is 0. The lowest BCUT2D eigenvalue weighted by Gasteiger charge is -2.36. The summed E-state index contributed by atoms with van der Waals surface area (Å²) in [6.07, 6.45) is 8.72. The fourth-order valence-electron chi connectivity index (χ4n) is 1.72. The molecule has 0 unspecified atom stereocenters. The molecule has 0 saturated heterocycles. The summed E-state index contributed by atoms with van der Waals surface area (Å²) in [6, 6.07) is 0. The first-order valence-electron chi connectivity index (χ1n) is 7.60. The number of hydrogen-bond donors (Lipinski definition) is 0. The molecule has 0 aliphatic carbocycles. The van der Waals surface area contributed by atoms with Crippen molar-refractivity contribution in [1.29, 1.82) is 0 Å². The highest BCUT2D eigenvalue weighted by Crippen LogP contribution is 2.36. The summed E-state index contributed by atoms with van der Waals surface area (Å²) >= 11 is 2.30. The van der Waals surface area contributed by atoms with Crippen LogP contribution in [0.5, 0.6) is 0 Å². The van der Waals surface area contributed by atoms with E-state index in [2.05, 4.69) is 73.5 Å². The maximum Gasteiger partial charge on any atom is 0.191 e. The van der Waals surface area contributed by atoms with Crippen LogP contribution in [0.1, 0.15) is 59.8 Å². The van der Waals surface area contributed by atoms with Crippen molar-refractivity contribution in [3.63, 3.8) is 0 Å². The van der Waals surface area contributed by atoms with Crippen molar-refractivity contribution in [2.75, 3.05) is 6.61 Å². The first kappa shape index (κ1) is 19.6. The average molecular weight is 396 g/mol. The Balaban J connectivity index is 3.61. The molecule has 0 amide bonds. The highest BCUT2D eigenvalue weighted by atomic mass is 127. The monoisotopic (exact) mass is 396 g/mol. The van der Waals surface area contributed by atoms with Crippen LogP contribution >= 0.6 is 22.6 Å². The highest BCUT2D eigenvalue weighted by molar-refractivity contribution is 14.1. The highest BCUT2D eigenvalue weighted by Gasteiger charge is 2.36. The van der Waals surface area contributed by atoms with Crippen LogP contribution in [0.4, 0.5) is 0 Å². The van der Waals surface area contributed by atoms with Crippen LogP contribution < -0.4 is 0 Å². The Morgan fingerprint density at radius 3 is 2.32 bits per heavy atom. The third-order valence-electron chi connectivity index (χ3n) is 4.24. The number of unbranched alkanes of at least 4 members (excludes halogenated alkanes) is 2. The summed E-state index contributed by atoms with van der Waals surface area (Å²) in [6.45, 7) is 14.9. The molecule has 0 radical (unpaired) electrons. The van der Waals surface area contributed by atoms with E-state index in [1.54, 1.807) is 0 Å². The zero-order chi connectivity index (χ0) is 14.9. The number of rotatable bonds is 9. The molecule has 0 aliphatic rings. The largest absolute Gasteiger partial charge is 0.417 e. The molecule has 19 heavy (non-hydrogen) atoms. The molecule has 0 bridgehead atoms. The van der Waals surface area contributed by atoms with Crippen LogP contribution in [-0.4, -0.2) is 14.9 Å². The summed E-state index contributed by atoms with van der Waals surface area (Å²) in [4.78, 5) is 0. The summed E-state index contributed by atoms with van der Waals surface area (Å²) in [5, 5.41) is 0.341. The smallest absolute Gasteiger partial charge is 0.191 e. The van der Waals surface area contributed by atoms with Crippen molar-refractivity contribution in [3.8, 4) is 0 Å². The molecule has 0 rings (SSSR count). The molecule has 114 valence electrons. The van der Waals surface area contributed by atoms with E-state index in [1.165, 1.54) is 32.1 Å². The SMILES string of the molecule is C[C@@H](C/C=C/I)CCCCCO[Si](C)(C)C(C)(C)C. The van der Waals surface area contributed by atoms with E-state index in [0.29, 0.717) is 5.04 Å². The minimum Gasteiger partial charge on any atom is -0.417 e. The van der Waals surface area contributed by atoms with E-state index in [4.69, 9.17) is 4.43 Å². The minimum atomic E-state index is -1.51. The van der Waals surface area contributed by atoms with Crippen LogP contribution in [0, 0.1) is 5.92 Å². The van der Waals surface area contributed by atoms with Gasteiger partial charge in [-0.15, -0.1) is 0 Å². The lowest BCUT2D eigenvalue weighted by molar-refractivity contribution is 0.276. The molecule has 0 saturated carbocycles. The summed E-state index contributed by atoms with van der Waals surface area (Å²) in [5.74, 6) is 0.826. The van der Waals surface area contributed by atoms with Crippen molar-refractivity contribution in [2.45, 2.75) is 77.9 Å². The molecule has 1 atom stereocenters. The van der Waals surface area contributed by atoms with Gasteiger partial charge in [0.1, 0.15) is 0 Å². The van der Waals surface area contributed by atoms with Gasteiger partial charge >= 0.3 is 0 Å². The average Bonchev–Trinajstić information content (AvgIpc) is 2.29. The molecule has 1 nitrogen and oxygen atoms in total. The second kappa shape index (κ2) is 9.56. The van der Waals surface area contributed by atoms with E-state index in [1.807, 2.05) is 0 Å². The summed E-state index contributed by atoms with van der Waals surface area (Å²) in [7, 11) is -1.51. The quantitative estimate of drug-likeness (QED) is 0.244. The summed E-state index contributed by atoms with van der Waals surface area (Å²) < 4.78 is 8.32. The maximum atomic E-state index is 6.19. The Hall–Kier alpha value is 0.647. The standard InChI is InChI=1S/C16H33IOSi/c1-15(12-10-13-17)11-8-7-9-14-18-19(5,6)16(2,3)4/h10,13,15H,7-9,11-12,14H2,1-6H3/b13-10+/t15-/m1/s1. The van der Waals surface area contributed by atoms with Crippen LogP contribution in [0.2, 0.25) is 18.1 Å². The zero-order valence-electron chi connectivity index (χ0n) is 13.8. The van der Waals surface area contributed by atoms with Crippen molar-refractivity contribution >= 4 is 30.9 Å². The third-order valence-corrected chi connectivity index (χ3v) is 9.28. The van der Waals surface area contributed by atoms with Gasteiger partial charge in [-0.2, -0.15) is 0 Å². The number of allylic oxidation sites excluding steroid dienone is 1. The van der Waals surface area contributed by atoms with E-state index in [-0.39, 0.29) is 0 Å². The van der Waals surface area contributed by atoms with Gasteiger partial charge in [0.2, 0.25) is 0 Å². The topological polar surface area (TPSA) is 9.23 Å². The van der Waals surface area contributed by atoms with Crippen LogP contribution in [-0.2, 0) is 4.43 Å². The number of halogens is 1. The predicted octanol–water partition coefficient (Wildman–Crippen LogP) is 6.54. The zero-order valence-corrected chi connectivity index (χ0v) is 16.9. The molecule has 3 heteroatoms. The van der Waals surface area contributed by atoms with Crippen LogP contribution in [0.25, 0.3) is 0 Å². The van der Waals surface area contributed by atoms with Gasteiger partial charge in [-0.1, -0.05) is 75.6 Å². The van der Waals surface area contributed by atoms with Crippen molar-refractivity contribution in [2.24, 2.45) is 5.92 Å². The minimum absolute atomic E-state index is 0.341. The van der Waals surface area contributed by atoms with E-state index in [9.17, 15) is 0 Å². The van der Waals surface area contributed by atoms with Gasteiger partial charge in [0, 0.05) is 6.61 Å². The Labute approximate surface area is 135 Å². The van der Waals surface area contributed by atoms with Gasteiger partial charge in [-0.25, -0.2) is 0 Å². The van der Waals surface area contributed by atoms with Crippen molar-refractivity contribution in [1.82, 2.24) is 0 Å². The molecule has 0 fully saturated rings. The normalized spacial score (nSPS) is 15.1. The maximum absolute atomic E-state index is 6.19. The number of hydrogen-bond acceptors (Lipinski definition) is 1. The van der Waals surface area contributed by atoms with Crippen LogP contribution in [0.3, 0.4) is 0 Å². The molecule has 0 aromatic carbocycles. The van der Waals surface area contributed by atoms with Gasteiger partial charge in [0.25, 0.3) is 0 Å². The molecule has 0 aromatic rings. The lowest BCUT2D eigenvalue weighted by Crippen LogP contribution is -2.40. The molecular formula is C16H33IOSi. The Morgan fingerprint density at radius 2 is 1.79 bits per heavy atom. The molecule has 0 aromatic heterocycles. The van der Waals surface area contributed by atoms with Gasteiger partial charge in [0.05, 0.1) is 0 Å². The Kier molecular flexibility index (Phi) is 9.88. The van der Waals surface area contributed by atoms with E-state index >= 15 is 0 Å². The molecule has 0 aliphatic heterocycles. The van der Waals surface area contributed by atoms with Gasteiger partial charge in [-0.05, 0) is 41.0 Å². The van der Waals surface area contributed by atoms with Crippen molar-refractivity contribution < 1.29 is 4.43 Å². The molecule has 0 heterocycles. The molecule has 0 N–H and O–H groups in total. The van der Waals surface area contributed by atoms with Crippen LogP contribution in [0.15, 0.2) is 10.2 Å². The van der Waals surface area contributed by atoms with E-state index in [0.717, 1.165) is 12.5 Å². The Bertz CT molecular complexity index is 256. The van der Waals surface area contributed by atoms with E-state index < -0.39 is 8.32 Å². The third kappa shape index (κ3) is 9.24. The van der Waals surface area contributed by atoms with Gasteiger partial charge in [-0.3, -0.25) is 0 Å². The fourth-order valence-corrected chi connectivity index (χ4v) is 3.10. The van der Waals surface area contributed by atoms with Crippen molar-refractivity contribution in [3.05, 3.63) is 10.2 Å². The second-order valence-corrected chi connectivity index (χ2v) is 12.7. The first-order chi connectivity index (χ1) is 8.70. The molecular weight excluding hydrogens is 363 g/mol. The first-order valence-corrected chi connectivity index (χ1v) is 11.8. The predicted molar refractivity (Wildman–Crippen MR) is 98.6 cm³/mol. The Morgan fingerprint density at radius 1 is 1.16 bits per heavy atom. The second-order valence-electron chi connectivity index (χ2n) is 7.16. The fraction of sp³-hybridized carbons (Fsp3) is 0.875. The molecule has 0 spiro atoms. The lowest BCUT2D eigenvalue weighted by atomic mass is 10.0. The van der Waals surface area contributed by atoms with Gasteiger partial charge < -0.3 is 4.43 Å². The van der Waals surface area contributed by atoms with Gasteiger partial charge in [0.15, 0.2) is 8.32 Å².